The molecule has 1 saturated carbocycles. The number of rotatable bonds is 6. The average Bonchev–Trinajstić information content (AvgIpc) is 2.27. The molecule has 1 aliphatic carbocycles. The fraction of sp³-hybridized carbons (Fsp3) is 0.917. The lowest BCUT2D eigenvalue weighted by Gasteiger charge is -2.28. The van der Waals surface area contributed by atoms with Gasteiger partial charge in [0, 0.05) is 19.2 Å². The highest BCUT2D eigenvalue weighted by molar-refractivity contribution is 5.70. The molecule has 2 N–H and O–H groups in total. The van der Waals surface area contributed by atoms with Gasteiger partial charge in [0.25, 0.3) is 0 Å². The van der Waals surface area contributed by atoms with Gasteiger partial charge in [-0.2, -0.15) is 0 Å². The Hall–Kier alpha value is -0.610. The zero-order valence-electron chi connectivity index (χ0n) is 10.2. The van der Waals surface area contributed by atoms with Crippen LogP contribution in [0, 0.1) is 5.92 Å². The van der Waals surface area contributed by atoms with Gasteiger partial charge in [0.2, 0.25) is 0 Å². The van der Waals surface area contributed by atoms with Crippen LogP contribution < -0.4 is 5.32 Å². The van der Waals surface area contributed by atoms with E-state index < -0.39 is 5.97 Å². The van der Waals surface area contributed by atoms with Crippen LogP contribution in [0.5, 0.6) is 0 Å². The van der Waals surface area contributed by atoms with Crippen molar-refractivity contribution in [3.8, 4) is 0 Å². The van der Waals surface area contributed by atoms with Crippen molar-refractivity contribution in [3.05, 3.63) is 0 Å². The third-order valence-corrected chi connectivity index (χ3v) is 3.17. The molecule has 1 rings (SSSR count). The van der Waals surface area contributed by atoms with Gasteiger partial charge < -0.3 is 15.2 Å². The Balaban J connectivity index is 2.24. The lowest BCUT2D eigenvalue weighted by Crippen LogP contribution is -2.40. The number of carbonyl (C=O) groups is 1. The fourth-order valence-corrected chi connectivity index (χ4v) is 2.28. The van der Waals surface area contributed by atoms with Crippen LogP contribution >= 0.6 is 0 Å². The largest absolute Gasteiger partial charge is 0.481 e. The molecule has 3 atom stereocenters. The van der Waals surface area contributed by atoms with Gasteiger partial charge in [-0.05, 0) is 33.1 Å². The van der Waals surface area contributed by atoms with Gasteiger partial charge >= 0.3 is 5.97 Å². The second-order valence-electron chi connectivity index (χ2n) is 4.57. The molecule has 0 spiro atoms. The maximum absolute atomic E-state index is 10.9. The lowest BCUT2D eigenvalue weighted by molar-refractivity contribution is -0.143. The Labute approximate surface area is 97.4 Å². The topological polar surface area (TPSA) is 58.6 Å². The summed E-state index contributed by atoms with van der Waals surface area (Å²) < 4.78 is 5.43. The zero-order chi connectivity index (χ0) is 12.0. The van der Waals surface area contributed by atoms with Crippen LogP contribution in [-0.4, -0.2) is 36.4 Å². The first-order valence-corrected chi connectivity index (χ1v) is 6.21. The number of nitrogens with one attached hydrogen (secondary N) is 1. The molecule has 16 heavy (non-hydrogen) atoms. The van der Waals surface area contributed by atoms with E-state index in [1.807, 2.05) is 13.8 Å². The van der Waals surface area contributed by atoms with E-state index >= 15 is 0 Å². The van der Waals surface area contributed by atoms with Gasteiger partial charge in [0.05, 0.1) is 12.0 Å². The Morgan fingerprint density at radius 3 is 2.94 bits per heavy atom. The van der Waals surface area contributed by atoms with Gasteiger partial charge in [-0.3, -0.25) is 4.79 Å². The molecule has 0 saturated heterocycles. The van der Waals surface area contributed by atoms with Crippen LogP contribution in [0.25, 0.3) is 0 Å². The lowest BCUT2D eigenvalue weighted by atomic mass is 9.86. The molecule has 0 radical (unpaired) electrons. The molecule has 0 aromatic rings. The van der Waals surface area contributed by atoms with E-state index in [-0.39, 0.29) is 12.0 Å². The van der Waals surface area contributed by atoms with E-state index in [0.29, 0.717) is 6.04 Å². The summed E-state index contributed by atoms with van der Waals surface area (Å²) >= 11 is 0. The quantitative estimate of drug-likeness (QED) is 0.727. The van der Waals surface area contributed by atoms with Crippen LogP contribution in [-0.2, 0) is 9.53 Å². The van der Waals surface area contributed by atoms with E-state index in [0.717, 1.165) is 38.8 Å². The fourth-order valence-electron chi connectivity index (χ4n) is 2.28. The Bertz CT molecular complexity index is 220. The number of carboxylic acid groups (broad SMARTS) is 1. The summed E-state index contributed by atoms with van der Waals surface area (Å²) in [6.45, 7) is 5.56. The van der Waals surface area contributed by atoms with Crippen molar-refractivity contribution in [1.29, 1.82) is 0 Å². The van der Waals surface area contributed by atoms with Crippen LogP contribution in [0.3, 0.4) is 0 Å². The number of ether oxygens (including phenoxy) is 1. The van der Waals surface area contributed by atoms with E-state index in [4.69, 9.17) is 9.84 Å². The Kier molecular flexibility index (Phi) is 5.77. The standard InChI is InChI=1S/C12H23NO3/c1-3-16-9(2)8-13-11-6-4-5-10(7-11)12(14)15/h9-11,13H,3-8H2,1-2H3,(H,14,15). The predicted octanol–water partition coefficient (Wildman–Crippen LogP) is 1.64. The molecule has 0 aromatic carbocycles. The average molecular weight is 229 g/mol. The van der Waals surface area contributed by atoms with E-state index in [1.165, 1.54) is 0 Å². The van der Waals surface area contributed by atoms with Gasteiger partial charge in [-0.1, -0.05) is 6.42 Å². The van der Waals surface area contributed by atoms with Gasteiger partial charge in [-0.25, -0.2) is 0 Å². The van der Waals surface area contributed by atoms with Crippen LogP contribution in [0.2, 0.25) is 0 Å². The molecule has 3 unspecified atom stereocenters. The highest BCUT2D eigenvalue weighted by atomic mass is 16.5. The first-order valence-electron chi connectivity index (χ1n) is 6.21. The smallest absolute Gasteiger partial charge is 0.306 e. The van der Waals surface area contributed by atoms with Crippen molar-refractivity contribution in [2.24, 2.45) is 5.92 Å². The van der Waals surface area contributed by atoms with Gasteiger partial charge in [0.1, 0.15) is 0 Å². The summed E-state index contributed by atoms with van der Waals surface area (Å²) in [7, 11) is 0. The van der Waals surface area contributed by atoms with Crippen molar-refractivity contribution in [3.63, 3.8) is 0 Å². The third-order valence-electron chi connectivity index (χ3n) is 3.17. The van der Waals surface area contributed by atoms with Gasteiger partial charge in [0.15, 0.2) is 0 Å². The molecular formula is C12H23NO3. The zero-order valence-corrected chi connectivity index (χ0v) is 10.2. The minimum atomic E-state index is -0.649. The molecule has 0 aliphatic heterocycles. The normalized spacial score (nSPS) is 27.6. The van der Waals surface area contributed by atoms with E-state index in [2.05, 4.69) is 5.32 Å². The number of hydrogen-bond donors (Lipinski definition) is 2. The number of hydrogen-bond acceptors (Lipinski definition) is 3. The van der Waals surface area contributed by atoms with Crippen LogP contribution in [0.1, 0.15) is 39.5 Å². The summed E-state index contributed by atoms with van der Waals surface area (Å²) in [5.41, 5.74) is 0. The van der Waals surface area contributed by atoms with Crippen molar-refractivity contribution < 1.29 is 14.6 Å². The SMILES string of the molecule is CCOC(C)CNC1CCCC(C(=O)O)C1. The van der Waals surface area contributed by atoms with Crippen LogP contribution in [0.15, 0.2) is 0 Å². The minimum absolute atomic E-state index is 0.159. The van der Waals surface area contributed by atoms with E-state index in [1.54, 1.807) is 0 Å². The first kappa shape index (κ1) is 13.5. The highest BCUT2D eigenvalue weighted by Crippen LogP contribution is 2.24. The summed E-state index contributed by atoms with van der Waals surface area (Å²) in [5.74, 6) is -0.807. The molecule has 0 heterocycles. The van der Waals surface area contributed by atoms with E-state index in [9.17, 15) is 4.79 Å². The molecule has 1 aliphatic rings. The van der Waals surface area contributed by atoms with Crippen molar-refractivity contribution in [1.82, 2.24) is 5.32 Å². The number of aliphatic carboxylic acids is 1. The van der Waals surface area contributed by atoms with Gasteiger partial charge in [-0.15, -0.1) is 0 Å². The summed E-state index contributed by atoms with van der Waals surface area (Å²) in [6, 6.07) is 0.345. The predicted molar refractivity (Wildman–Crippen MR) is 62.5 cm³/mol. The Morgan fingerprint density at radius 2 is 2.31 bits per heavy atom. The minimum Gasteiger partial charge on any atom is -0.481 e. The highest BCUT2D eigenvalue weighted by Gasteiger charge is 2.26. The second kappa shape index (κ2) is 6.86. The molecule has 4 nitrogen and oxygen atoms in total. The monoisotopic (exact) mass is 229 g/mol. The molecule has 0 aromatic heterocycles. The summed E-state index contributed by atoms with van der Waals surface area (Å²) in [6.07, 6.45) is 3.89. The maximum Gasteiger partial charge on any atom is 0.306 e. The van der Waals surface area contributed by atoms with Crippen molar-refractivity contribution in [2.45, 2.75) is 51.7 Å². The van der Waals surface area contributed by atoms with Crippen molar-refractivity contribution >= 4 is 5.97 Å². The Morgan fingerprint density at radius 1 is 1.56 bits per heavy atom. The molecule has 4 heteroatoms. The third kappa shape index (κ3) is 4.49. The maximum atomic E-state index is 10.9. The van der Waals surface area contributed by atoms with Crippen molar-refractivity contribution in [2.75, 3.05) is 13.2 Å². The second-order valence-corrected chi connectivity index (χ2v) is 4.57. The molecule has 1 fully saturated rings. The molecular weight excluding hydrogens is 206 g/mol. The summed E-state index contributed by atoms with van der Waals surface area (Å²) in [4.78, 5) is 10.9. The molecule has 0 bridgehead atoms. The van der Waals surface area contributed by atoms with Crippen LogP contribution in [0.4, 0.5) is 0 Å². The first-order chi connectivity index (χ1) is 7.63. The molecule has 0 amide bonds. The number of carboxylic acids is 1. The summed E-state index contributed by atoms with van der Waals surface area (Å²) in [5, 5.41) is 12.4. The molecule has 94 valence electrons.